The maximum absolute atomic E-state index is 13.1. The lowest BCUT2D eigenvalue weighted by atomic mass is 10.1. The summed E-state index contributed by atoms with van der Waals surface area (Å²) in [4.78, 5) is 28.7. The number of nitrogens with zero attached hydrogens (tertiary/aromatic N) is 3. The molecule has 0 aliphatic carbocycles. The topological polar surface area (TPSA) is 97.6 Å². The van der Waals surface area contributed by atoms with Crippen LogP contribution in [0.3, 0.4) is 0 Å². The standard InChI is InChI=1S/C18H19FN4O4/c1-11-7-20-8-15(23(25)26)17(11)21-18(24)22-9-12(2)27-16(10-22)13-3-5-14(19)6-4-13/h3-8,12,16H,9-10H2,1-2H3,(H,20,21,24)/t12-,16-/m1/s1. The van der Waals surface area contributed by atoms with Crippen molar-refractivity contribution in [2.45, 2.75) is 26.1 Å². The van der Waals surface area contributed by atoms with Crippen molar-refractivity contribution in [1.82, 2.24) is 9.88 Å². The van der Waals surface area contributed by atoms with E-state index in [9.17, 15) is 19.3 Å². The number of aryl methyl sites for hydroxylation is 1. The fraction of sp³-hybridized carbons (Fsp3) is 0.333. The zero-order valence-corrected chi connectivity index (χ0v) is 14.9. The Bertz CT molecular complexity index is 859. The third-order valence-electron chi connectivity index (χ3n) is 4.33. The van der Waals surface area contributed by atoms with Gasteiger partial charge in [-0.3, -0.25) is 15.1 Å². The highest BCUT2D eigenvalue weighted by molar-refractivity contribution is 5.92. The number of rotatable bonds is 3. The number of urea groups is 1. The Balaban J connectivity index is 1.78. The van der Waals surface area contributed by atoms with E-state index in [1.54, 1.807) is 19.1 Å². The van der Waals surface area contributed by atoms with Crippen LogP contribution >= 0.6 is 0 Å². The molecule has 1 aliphatic heterocycles. The van der Waals surface area contributed by atoms with Gasteiger partial charge in [0, 0.05) is 12.7 Å². The van der Waals surface area contributed by atoms with Gasteiger partial charge in [0.15, 0.2) is 0 Å². The second kappa shape index (κ2) is 7.67. The molecule has 2 aromatic rings. The fourth-order valence-electron chi connectivity index (χ4n) is 3.02. The molecule has 1 saturated heterocycles. The summed E-state index contributed by atoms with van der Waals surface area (Å²) in [5.41, 5.74) is 1.11. The number of hydrogen-bond donors (Lipinski definition) is 1. The normalized spacial score (nSPS) is 19.6. The molecule has 1 aromatic carbocycles. The van der Waals surface area contributed by atoms with Crippen LogP contribution in [0.5, 0.6) is 0 Å². The highest BCUT2D eigenvalue weighted by atomic mass is 19.1. The molecule has 9 heteroatoms. The van der Waals surface area contributed by atoms with Crippen molar-refractivity contribution in [3.63, 3.8) is 0 Å². The Hall–Kier alpha value is -3.07. The number of halogens is 1. The number of carbonyl (C=O) groups excluding carboxylic acids is 1. The molecule has 142 valence electrons. The Labute approximate surface area is 155 Å². The summed E-state index contributed by atoms with van der Waals surface area (Å²) in [7, 11) is 0. The summed E-state index contributed by atoms with van der Waals surface area (Å²) in [5, 5.41) is 13.8. The van der Waals surface area contributed by atoms with Crippen LogP contribution in [-0.2, 0) is 4.74 Å². The molecule has 8 nitrogen and oxygen atoms in total. The van der Waals surface area contributed by atoms with E-state index >= 15 is 0 Å². The first-order valence-electron chi connectivity index (χ1n) is 8.41. The molecule has 2 atom stereocenters. The number of carbonyl (C=O) groups is 1. The second-order valence-corrected chi connectivity index (χ2v) is 6.43. The Morgan fingerprint density at radius 2 is 2.04 bits per heavy atom. The number of hydrogen-bond acceptors (Lipinski definition) is 5. The average Bonchev–Trinajstić information content (AvgIpc) is 2.63. The van der Waals surface area contributed by atoms with Crippen molar-refractivity contribution in [2.75, 3.05) is 18.4 Å². The summed E-state index contributed by atoms with van der Waals surface area (Å²) < 4.78 is 19.0. The predicted molar refractivity (Wildman–Crippen MR) is 95.9 cm³/mol. The third kappa shape index (κ3) is 4.20. The van der Waals surface area contributed by atoms with Crippen molar-refractivity contribution in [2.24, 2.45) is 0 Å². The van der Waals surface area contributed by atoms with Crippen molar-refractivity contribution < 1.29 is 18.8 Å². The summed E-state index contributed by atoms with van der Waals surface area (Å²) in [6, 6.07) is 5.45. The molecule has 0 unspecified atom stereocenters. The smallest absolute Gasteiger partial charge is 0.322 e. The van der Waals surface area contributed by atoms with E-state index in [1.807, 2.05) is 6.92 Å². The number of aromatic nitrogens is 1. The van der Waals surface area contributed by atoms with Gasteiger partial charge in [-0.25, -0.2) is 9.18 Å². The van der Waals surface area contributed by atoms with Crippen LogP contribution in [0.25, 0.3) is 0 Å². The number of morpholine rings is 1. The van der Waals surface area contributed by atoms with Crippen LogP contribution < -0.4 is 5.32 Å². The molecule has 0 bridgehead atoms. The number of amides is 2. The van der Waals surface area contributed by atoms with Crippen LogP contribution in [0.15, 0.2) is 36.7 Å². The van der Waals surface area contributed by atoms with Gasteiger partial charge in [-0.15, -0.1) is 0 Å². The van der Waals surface area contributed by atoms with Gasteiger partial charge < -0.3 is 15.0 Å². The van der Waals surface area contributed by atoms with Crippen molar-refractivity contribution in [3.05, 3.63) is 63.7 Å². The van der Waals surface area contributed by atoms with Gasteiger partial charge in [0.2, 0.25) is 0 Å². The predicted octanol–water partition coefficient (Wildman–Crippen LogP) is 3.43. The van der Waals surface area contributed by atoms with E-state index in [4.69, 9.17) is 4.74 Å². The minimum absolute atomic E-state index is 0.123. The van der Waals surface area contributed by atoms with Gasteiger partial charge in [0.1, 0.15) is 23.8 Å². The zero-order chi connectivity index (χ0) is 19.6. The van der Waals surface area contributed by atoms with E-state index in [2.05, 4.69) is 10.3 Å². The lowest BCUT2D eigenvalue weighted by Gasteiger charge is -2.37. The highest BCUT2D eigenvalue weighted by Gasteiger charge is 2.30. The van der Waals surface area contributed by atoms with Gasteiger partial charge in [-0.1, -0.05) is 12.1 Å². The number of nitro groups is 1. The van der Waals surface area contributed by atoms with E-state index in [1.165, 1.54) is 23.2 Å². The largest absolute Gasteiger partial charge is 0.367 e. The van der Waals surface area contributed by atoms with Gasteiger partial charge in [0.25, 0.3) is 0 Å². The lowest BCUT2D eigenvalue weighted by molar-refractivity contribution is -0.384. The van der Waals surface area contributed by atoms with Crippen LogP contribution in [0.2, 0.25) is 0 Å². The van der Waals surface area contributed by atoms with Crippen LogP contribution in [0, 0.1) is 22.9 Å². The Morgan fingerprint density at radius 1 is 1.33 bits per heavy atom. The molecule has 1 fully saturated rings. The quantitative estimate of drug-likeness (QED) is 0.656. The van der Waals surface area contributed by atoms with Crippen molar-refractivity contribution >= 4 is 17.4 Å². The van der Waals surface area contributed by atoms with Crippen LogP contribution in [0.1, 0.15) is 24.2 Å². The van der Waals surface area contributed by atoms with Gasteiger partial charge in [-0.05, 0) is 37.1 Å². The minimum atomic E-state index is -0.584. The fourth-order valence-corrected chi connectivity index (χ4v) is 3.02. The maximum Gasteiger partial charge on any atom is 0.322 e. The number of pyridine rings is 1. The van der Waals surface area contributed by atoms with E-state index in [0.29, 0.717) is 12.1 Å². The molecule has 0 spiro atoms. The number of ether oxygens (including phenoxy) is 1. The van der Waals surface area contributed by atoms with E-state index in [-0.39, 0.29) is 29.8 Å². The number of nitrogens with one attached hydrogen (secondary N) is 1. The molecule has 0 radical (unpaired) electrons. The molecular formula is C18H19FN4O4. The monoisotopic (exact) mass is 374 g/mol. The summed E-state index contributed by atoms with van der Waals surface area (Å²) in [5.74, 6) is -0.349. The highest BCUT2D eigenvalue weighted by Crippen LogP contribution is 2.29. The molecule has 1 aromatic heterocycles. The maximum atomic E-state index is 13.1. The molecular weight excluding hydrogens is 355 g/mol. The first kappa shape index (κ1) is 18.7. The first-order chi connectivity index (χ1) is 12.8. The second-order valence-electron chi connectivity index (χ2n) is 6.43. The van der Waals surface area contributed by atoms with Crippen molar-refractivity contribution in [3.8, 4) is 0 Å². The molecule has 0 saturated carbocycles. The number of anilines is 1. The SMILES string of the molecule is Cc1cncc([N+](=O)[O-])c1NC(=O)N1C[C@@H](C)O[C@@H](c2ccc(F)cc2)C1. The van der Waals surface area contributed by atoms with Gasteiger partial charge in [0.05, 0.1) is 17.6 Å². The van der Waals surface area contributed by atoms with Gasteiger partial charge in [-0.2, -0.15) is 0 Å². The molecule has 3 rings (SSSR count). The average molecular weight is 374 g/mol. The minimum Gasteiger partial charge on any atom is -0.367 e. The molecule has 1 aliphatic rings. The van der Waals surface area contributed by atoms with Gasteiger partial charge >= 0.3 is 11.7 Å². The van der Waals surface area contributed by atoms with Crippen molar-refractivity contribution in [1.29, 1.82) is 0 Å². The van der Waals surface area contributed by atoms with Crippen LogP contribution in [0.4, 0.5) is 20.6 Å². The summed E-state index contributed by atoms with van der Waals surface area (Å²) >= 11 is 0. The zero-order valence-electron chi connectivity index (χ0n) is 14.9. The van der Waals surface area contributed by atoms with Crippen LogP contribution in [-0.4, -0.2) is 40.0 Å². The summed E-state index contributed by atoms with van der Waals surface area (Å²) in [6.45, 7) is 4.05. The third-order valence-corrected chi connectivity index (χ3v) is 4.33. The van der Waals surface area contributed by atoms with E-state index in [0.717, 1.165) is 11.8 Å². The van der Waals surface area contributed by atoms with E-state index < -0.39 is 17.1 Å². The molecule has 1 N–H and O–H groups in total. The Morgan fingerprint density at radius 3 is 2.70 bits per heavy atom. The summed E-state index contributed by atoms with van der Waals surface area (Å²) in [6.07, 6.45) is 1.90. The molecule has 2 amide bonds. The lowest BCUT2D eigenvalue weighted by Crippen LogP contribution is -2.47. The molecule has 27 heavy (non-hydrogen) atoms. The first-order valence-corrected chi connectivity index (χ1v) is 8.41. The molecule has 2 heterocycles. The Kier molecular flexibility index (Phi) is 5.31. The number of benzene rings is 1.